The van der Waals surface area contributed by atoms with Crippen LogP contribution in [0.4, 0.5) is 0 Å². The lowest BCUT2D eigenvalue weighted by atomic mass is 9.62. The van der Waals surface area contributed by atoms with Gasteiger partial charge < -0.3 is 9.84 Å². The second-order valence-electron chi connectivity index (χ2n) is 13.3. The number of hydrogen-bond acceptors (Lipinski definition) is 6. The second-order valence-corrected chi connectivity index (χ2v) is 13.3. The van der Waals surface area contributed by atoms with Crippen molar-refractivity contribution in [2.45, 2.75) is 86.4 Å². The first-order valence-electron chi connectivity index (χ1n) is 14.9. The third kappa shape index (κ3) is 4.11. The SMILES string of the molecule is CC(=O)c1ccc(-n2c(=O)n3n(c2=O)C(C(C)C)(C(C)C)C(C(C)C)=C2C3c3cc(C(C)=O)c(O)cc3OC2(C)C)cc1. The van der Waals surface area contributed by atoms with Gasteiger partial charge in [-0.15, -0.1) is 0 Å². The lowest BCUT2D eigenvalue weighted by molar-refractivity contribution is 0.0527. The van der Waals surface area contributed by atoms with Crippen molar-refractivity contribution >= 4 is 11.6 Å². The molecule has 1 aromatic heterocycles. The zero-order valence-corrected chi connectivity index (χ0v) is 26.6. The van der Waals surface area contributed by atoms with Crippen molar-refractivity contribution in [1.29, 1.82) is 0 Å². The maximum atomic E-state index is 14.7. The molecule has 0 amide bonds. The average molecular weight is 588 g/mol. The zero-order chi connectivity index (χ0) is 31.9. The van der Waals surface area contributed by atoms with Gasteiger partial charge in [0.05, 0.1) is 16.8 Å². The van der Waals surface area contributed by atoms with Crippen LogP contribution in [0.5, 0.6) is 11.5 Å². The van der Waals surface area contributed by atoms with Gasteiger partial charge in [-0.05, 0) is 81.4 Å². The summed E-state index contributed by atoms with van der Waals surface area (Å²) in [7, 11) is 0. The minimum absolute atomic E-state index is 0.0370. The fourth-order valence-electron chi connectivity index (χ4n) is 7.68. The number of phenolic OH excluding ortho intramolecular Hbond substituents is 1. The highest BCUT2D eigenvalue weighted by molar-refractivity contribution is 5.97. The van der Waals surface area contributed by atoms with Gasteiger partial charge in [0, 0.05) is 22.8 Å². The molecule has 3 heterocycles. The molecule has 2 aliphatic heterocycles. The van der Waals surface area contributed by atoms with E-state index < -0.39 is 28.6 Å². The van der Waals surface area contributed by atoms with Gasteiger partial charge >= 0.3 is 11.4 Å². The van der Waals surface area contributed by atoms with Crippen LogP contribution in [0, 0.1) is 17.8 Å². The first-order valence-corrected chi connectivity index (χ1v) is 14.9. The van der Waals surface area contributed by atoms with E-state index in [1.807, 2.05) is 13.8 Å². The molecule has 0 radical (unpaired) electrons. The van der Waals surface area contributed by atoms with Crippen LogP contribution in [-0.4, -0.2) is 36.2 Å². The van der Waals surface area contributed by atoms with Crippen molar-refractivity contribution in [1.82, 2.24) is 13.9 Å². The Kier molecular flexibility index (Phi) is 7.02. The summed E-state index contributed by atoms with van der Waals surface area (Å²) in [4.78, 5) is 53.9. The van der Waals surface area contributed by atoms with Crippen LogP contribution in [-0.2, 0) is 5.54 Å². The summed E-state index contributed by atoms with van der Waals surface area (Å²) >= 11 is 0. The Balaban J connectivity index is 2.02. The number of nitrogens with zero attached hydrogens (tertiary/aromatic N) is 3. The number of phenols is 1. The molecule has 1 atom stereocenters. The largest absolute Gasteiger partial charge is 0.507 e. The van der Waals surface area contributed by atoms with E-state index in [-0.39, 0.29) is 40.6 Å². The number of ether oxygens (including phenoxy) is 1. The summed E-state index contributed by atoms with van der Waals surface area (Å²) in [5, 5.41) is 10.7. The van der Waals surface area contributed by atoms with Crippen molar-refractivity contribution in [3.05, 3.63) is 85.2 Å². The Bertz CT molecular complexity index is 1800. The smallest absolute Gasteiger partial charge is 0.352 e. The Labute approximate surface area is 251 Å². The van der Waals surface area contributed by atoms with E-state index in [0.717, 1.165) is 11.1 Å². The number of allylic oxidation sites excluding steroid dienone is 1. The third-order valence-corrected chi connectivity index (χ3v) is 9.25. The van der Waals surface area contributed by atoms with E-state index in [1.165, 1.54) is 29.2 Å². The van der Waals surface area contributed by atoms with Crippen LogP contribution in [0.25, 0.3) is 5.69 Å². The minimum atomic E-state index is -0.928. The number of fused-ring (bicyclic) bond motifs is 5. The van der Waals surface area contributed by atoms with E-state index in [4.69, 9.17) is 4.74 Å². The first kappa shape index (κ1) is 30.3. The van der Waals surface area contributed by atoms with Crippen molar-refractivity contribution in [2.75, 3.05) is 0 Å². The molecule has 3 aromatic rings. The molecule has 0 bridgehead atoms. The molecule has 2 aliphatic rings. The van der Waals surface area contributed by atoms with Crippen LogP contribution < -0.4 is 16.1 Å². The minimum Gasteiger partial charge on any atom is -0.507 e. The van der Waals surface area contributed by atoms with E-state index in [0.29, 0.717) is 22.6 Å². The summed E-state index contributed by atoms with van der Waals surface area (Å²) in [5.74, 6) is -0.570. The highest BCUT2D eigenvalue weighted by Gasteiger charge is 2.57. The van der Waals surface area contributed by atoms with Crippen molar-refractivity contribution in [3.63, 3.8) is 0 Å². The highest BCUT2D eigenvalue weighted by Crippen LogP contribution is 2.57. The molecule has 0 spiro atoms. The number of ketones is 2. The fourth-order valence-corrected chi connectivity index (χ4v) is 7.68. The Morgan fingerprint density at radius 2 is 1.47 bits per heavy atom. The molecule has 9 nitrogen and oxygen atoms in total. The Hall–Kier alpha value is -4.14. The lowest BCUT2D eigenvalue weighted by Crippen LogP contribution is -2.60. The predicted octanol–water partition coefficient (Wildman–Crippen LogP) is 5.65. The molecule has 2 aromatic carbocycles. The molecular weight excluding hydrogens is 546 g/mol. The third-order valence-electron chi connectivity index (χ3n) is 9.25. The van der Waals surface area contributed by atoms with Gasteiger partial charge in [-0.2, -0.15) is 0 Å². The Morgan fingerprint density at radius 3 is 1.95 bits per heavy atom. The van der Waals surface area contributed by atoms with Gasteiger partial charge in [0.2, 0.25) is 0 Å². The number of benzene rings is 2. The number of aromatic nitrogens is 3. The maximum absolute atomic E-state index is 14.7. The highest BCUT2D eigenvalue weighted by atomic mass is 16.5. The maximum Gasteiger partial charge on any atom is 0.352 e. The summed E-state index contributed by atoms with van der Waals surface area (Å²) in [6.45, 7) is 19.2. The predicted molar refractivity (Wildman–Crippen MR) is 165 cm³/mol. The molecule has 0 saturated carbocycles. The molecule has 1 unspecified atom stereocenters. The number of carbonyl (C=O) groups excluding carboxylic acids is 2. The molecule has 0 fully saturated rings. The fraction of sp³-hybridized carbons (Fsp3) is 0.471. The summed E-state index contributed by atoms with van der Waals surface area (Å²) in [5.41, 5.74) is 0.476. The van der Waals surface area contributed by atoms with Gasteiger partial charge in [0.25, 0.3) is 0 Å². The summed E-state index contributed by atoms with van der Waals surface area (Å²) in [6.07, 6.45) is 0. The number of rotatable bonds is 6. The molecule has 228 valence electrons. The number of aromatic hydroxyl groups is 1. The van der Waals surface area contributed by atoms with Crippen LogP contribution in [0.15, 0.2) is 57.1 Å². The topological polar surface area (TPSA) is 113 Å². The van der Waals surface area contributed by atoms with Gasteiger partial charge in [0.15, 0.2) is 11.6 Å². The van der Waals surface area contributed by atoms with E-state index >= 15 is 0 Å². The van der Waals surface area contributed by atoms with Crippen molar-refractivity contribution in [3.8, 4) is 17.2 Å². The first-order chi connectivity index (χ1) is 20.0. The van der Waals surface area contributed by atoms with E-state index in [2.05, 4.69) is 41.5 Å². The molecular formula is C34H41N3O6. The van der Waals surface area contributed by atoms with Crippen LogP contribution >= 0.6 is 0 Å². The molecule has 0 aliphatic carbocycles. The average Bonchev–Trinajstić information content (AvgIpc) is 3.16. The van der Waals surface area contributed by atoms with Crippen LogP contribution in [0.1, 0.15) is 102 Å². The summed E-state index contributed by atoms with van der Waals surface area (Å²) in [6, 6.07) is 8.69. The molecule has 5 rings (SSSR count). The van der Waals surface area contributed by atoms with E-state index in [1.54, 1.807) is 35.0 Å². The molecule has 9 heteroatoms. The Morgan fingerprint density at radius 1 is 0.884 bits per heavy atom. The number of hydrogen-bond donors (Lipinski definition) is 1. The van der Waals surface area contributed by atoms with Gasteiger partial charge in [-0.1, -0.05) is 41.5 Å². The van der Waals surface area contributed by atoms with Gasteiger partial charge in [-0.3, -0.25) is 9.59 Å². The molecule has 43 heavy (non-hydrogen) atoms. The van der Waals surface area contributed by atoms with E-state index in [9.17, 15) is 24.3 Å². The standard InChI is InChI=1S/C34H41N3O6/c1-17(2)28-29-30(25-15-24(21(8)39)26(40)16-27(25)43-33(29,9)10)36-31(41)35(23-13-11-22(12-14-23)20(7)38)32(42)37(36)34(28,18(3)4)19(5)6/h11-19,30,40H,1-10H3. The lowest BCUT2D eigenvalue weighted by Gasteiger charge is -2.55. The number of carbonyl (C=O) groups is 2. The van der Waals surface area contributed by atoms with Crippen LogP contribution in [0.3, 0.4) is 0 Å². The quantitative estimate of drug-likeness (QED) is 0.295. The van der Waals surface area contributed by atoms with Crippen LogP contribution in [0.2, 0.25) is 0 Å². The normalized spacial score (nSPS) is 18.4. The summed E-state index contributed by atoms with van der Waals surface area (Å²) < 4.78 is 10.9. The second kappa shape index (κ2) is 9.96. The molecule has 0 saturated heterocycles. The number of Topliss-reactive ketones (excluding diaryl/α,β-unsaturated/α-hetero) is 2. The molecule has 1 N–H and O–H groups in total. The van der Waals surface area contributed by atoms with Gasteiger partial charge in [0.1, 0.15) is 23.1 Å². The van der Waals surface area contributed by atoms with Crippen molar-refractivity contribution < 1.29 is 19.4 Å². The van der Waals surface area contributed by atoms with Gasteiger partial charge in [-0.25, -0.2) is 23.5 Å². The zero-order valence-electron chi connectivity index (χ0n) is 26.6. The monoisotopic (exact) mass is 587 g/mol. The van der Waals surface area contributed by atoms with Crippen molar-refractivity contribution in [2.24, 2.45) is 17.8 Å².